The van der Waals surface area contributed by atoms with Crippen molar-refractivity contribution in [2.24, 2.45) is 5.41 Å². The van der Waals surface area contributed by atoms with Gasteiger partial charge in [-0.25, -0.2) is 4.79 Å². The highest BCUT2D eigenvalue weighted by Crippen LogP contribution is 2.40. The fraction of sp³-hybridized carbons (Fsp3) is 0.591. The van der Waals surface area contributed by atoms with Crippen LogP contribution in [0.5, 0.6) is 5.75 Å². The lowest BCUT2D eigenvalue weighted by Crippen LogP contribution is -2.50. The summed E-state index contributed by atoms with van der Waals surface area (Å²) in [6, 6.07) is 3.94. The van der Waals surface area contributed by atoms with Crippen molar-refractivity contribution in [2.75, 3.05) is 46.4 Å². The molecule has 3 saturated heterocycles. The second-order valence-corrected chi connectivity index (χ2v) is 8.29. The molecule has 4 heterocycles. The topological polar surface area (TPSA) is 66.6 Å². The quantitative estimate of drug-likeness (QED) is 0.540. The number of aromatic nitrogens is 1. The number of nitrogens with zero attached hydrogens (tertiary/aromatic N) is 1. The molecule has 0 radical (unpaired) electrons. The molecule has 6 nitrogen and oxygen atoms in total. The lowest BCUT2D eigenvalue weighted by atomic mass is 9.73. The maximum atomic E-state index is 12.9. The number of fused-ring (bicyclic) bond motifs is 4. The Labute approximate surface area is 166 Å². The van der Waals surface area contributed by atoms with Crippen LogP contribution in [0.4, 0.5) is 0 Å². The standard InChI is InChI=1S/C22H31N3O3/c1-16-19(27-13-3-9-23-2)5-4-18-20(16)17(14-24-18)21(26)28-15-22-6-10-25(11-7-22)12-8-22/h4-5,14,23-24H,3,6-13,15H2,1-2H3. The maximum Gasteiger partial charge on any atom is 0.340 e. The van der Waals surface area contributed by atoms with E-state index in [1.54, 1.807) is 6.20 Å². The molecule has 0 aliphatic carbocycles. The first-order chi connectivity index (χ1) is 13.6. The average molecular weight is 386 g/mol. The van der Waals surface area contributed by atoms with Gasteiger partial charge < -0.3 is 24.7 Å². The van der Waals surface area contributed by atoms with Crippen LogP contribution < -0.4 is 10.1 Å². The summed E-state index contributed by atoms with van der Waals surface area (Å²) in [5.74, 6) is 0.597. The number of aryl methyl sites for hydroxylation is 1. The number of benzene rings is 1. The third-order valence-electron chi connectivity index (χ3n) is 6.49. The van der Waals surface area contributed by atoms with Crippen molar-refractivity contribution in [3.8, 4) is 5.75 Å². The number of ether oxygens (including phenoxy) is 2. The first kappa shape index (κ1) is 19.3. The Hall–Kier alpha value is -2.05. The van der Waals surface area contributed by atoms with E-state index in [0.717, 1.165) is 74.1 Å². The molecule has 0 amide bonds. The zero-order valence-electron chi connectivity index (χ0n) is 17.0. The van der Waals surface area contributed by atoms with Gasteiger partial charge in [-0.15, -0.1) is 0 Å². The highest BCUT2D eigenvalue weighted by molar-refractivity contribution is 6.06. The van der Waals surface area contributed by atoms with Crippen LogP contribution in [0.1, 0.15) is 41.6 Å². The summed E-state index contributed by atoms with van der Waals surface area (Å²) in [5.41, 5.74) is 2.72. The third kappa shape index (κ3) is 3.76. The van der Waals surface area contributed by atoms with E-state index in [4.69, 9.17) is 9.47 Å². The summed E-state index contributed by atoms with van der Waals surface area (Å²) >= 11 is 0. The number of hydrogen-bond donors (Lipinski definition) is 2. The molecule has 152 valence electrons. The predicted octanol–water partition coefficient (Wildman–Crippen LogP) is 3.11. The van der Waals surface area contributed by atoms with E-state index in [0.29, 0.717) is 18.8 Å². The summed E-state index contributed by atoms with van der Waals surface area (Å²) < 4.78 is 11.8. The van der Waals surface area contributed by atoms with Crippen LogP contribution in [-0.2, 0) is 4.74 Å². The smallest absolute Gasteiger partial charge is 0.340 e. The normalized spacial score (nSPS) is 23.9. The van der Waals surface area contributed by atoms with Crippen molar-refractivity contribution in [3.05, 3.63) is 29.5 Å². The van der Waals surface area contributed by atoms with Crippen LogP contribution in [0, 0.1) is 12.3 Å². The van der Waals surface area contributed by atoms with Crippen molar-refractivity contribution in [1.82, 2.24) is 15.2 Å². The van der Waals surface area contributed by atoms with Crippen molar-refractivity contribution in [2.45, 2.75) is 32.6 Å². The van der Waals surface area contributed by atoms with Gasteiger partial charge in [-0.05, 0) is 78.0 Å². The van der Waals surface area contributed by atoms with Crippen LogP contribution in [0.25, 0.3) is 10.9 Å². The maximum absolute atomic E-state index is 12.9. The Morgan fingerprint density at radius 3 is 2.71 bits per heavy atom. The number of nitrogens with one attached hydrogen (secondary N) is 2. The van der Waals surface area contributed by atoms with Crippen LogP contribution in [-0.4, -0.2) is 62.3 Å². The number of esters is 1. The molecule has 1 aromatic carbocycles. The number of rotatable bonds is 8. The minimum atomic E-state index is -0.232. The molecule has 2 bridgehead atoms. The number of piperidine rings is 3. The van der Waals surface area contributed by atoms with Gasteiger partial charge in [0.05, 0.1) is 18.8 Å². The first-order valence-corrected chi connectivity index (χ1v) is 10.4. The van der Waals surface area contributed by atoms with Crippen LogP contribution in [0.2, 0.25) is 0 Å². The molecule has 5 rings (SSSR count). The zero-order valence-corrected chi connectivity index (χ0v) is 17.0. The number of carbonyl (C=O) groups excluding carboxylic acids is 1. The molecule has 6 heteroatoms. The zero-order chi connectivity index (χ0) is 19.6. The summed E-state index contributed by atoms with van der Waals surface area (Å²) in [7, 11) is 1.94. The number of aromatic amines is 1. The van der Waals surface area contributed by atoms with E-state index in [1.807, 2.05) is 26.1 Å². The van der Waals surface area contributed by atoms with Crippen LogP contribution >= 0.6 is 0 Å². The molecule has 0 atom stereocenters. The molecule has 0 spiro atoms. The number of hydrogen-bond acceptors (Lipinski definition) is 5. The molecule has 2 N–H and O–H groups in total. The van der Waals surface area contributed by atoms with Gasteiger partial charge in [0.1, 0.15) is 5.75 Å². The Morgan fingerprint density at radius 1 is 1.25 bits per heavy atom. The van der Waals surface area contributed by atoms with Gasteiger partial charge in [0.15, 0.2) is 0 Å². The fourth-order valence-electron chi connectivity index (χ4n) is 4.54. The second-order valence-electron chi connectivity index (χ2n) is 8.29. The van der Waals surface area contributed by atoms with Gasteiger partial charge in [-0.3, -0.25) is 0 Å². The Morgan fingerprint density at radius 2 is 2.00 bits per heavy atom. The highest BCUT2D eigenvalue weighted by atomic mass is 16.5. The van der Waals surface area contributed by atoms with Crippen molar-refractivity contribution in [3.63, 3.8) is 0 Å². The SMILES string of the molecule is CNCCCOc1ccc2[nH]cc(C(=O)OCC34CCN(CC3)CC4)c2c1C. The van der Waals surface area contributed by atoms with E-state index < -0.39 is 0 Å². The van der Waals surface area contributed by atoms with Gasteiger partial charge in [0.25, 0.3) is 0 Å². The van der Waals surface area contributed by atoms with Crippen LogP contribution in [0.3, 0.4) is 0 Å². The predicted molar refractivity (Wildman–Crippen MR) is 110 cm³/mol. The van der Waals surface area contributed by atoms with E-state index in [-0.39, 0.29) is 11.4 Å². The molecule has 3 fully saturated rings. The van der Waals surface area contributed by atoms with Gasteiger partial charge in [-0.2, -0.15) is 0 Å². The van der Waals surface area contributed by atoms with Gasteiger partial charge in [0, 0.05) is 28.1 Å². The van der Waals surface area contributed by atoms with Crippen LogP contribution in [0.15, 0.2) is 18.3 Å². The molecule has 0 unspecified atom stereocenters. The van der Waals surface area contributed by atoms with Crippen molar-refractivity contribution >= 4 is 16.9 Å². The monoisotopic (exact) mass is 385 g/mol. The van der Waals surface area contributed by atoms with E-state index in [1.165, 1.54) is 0 Å². The molecular weight excluding hydrogens is 354 g/mol. The minimum absolute atomic E-state index is 0.188. The molecule has 2 aromatic rings. The molecule has 0 saturated carbocycles. The highest BCUT2D eigenvalue weighted by Gasteiger charge is 2.40. The molecule has 3 aliphatic rings. The Kier molecular flexibility index (Phi) is 5.60. The lowest BCUT2D eigenvalue weighted by molar-refractivity contribution is -0.0304. The van der Waals surface area contributed by atoms with E-state index in [9.17, 15) is 4.79 Å². The van der Waals surface area contributed by atoms with Crippen molar-refractivity contribution < 1.29 is 14.3 Å². The lowest BCUT2D eigenvalue weighted by Gasteiger charge is -2.47. The Bertz CT molecular complexity index is 823. The van der Waals surface area contributed by atoms with Crippen molar-refractivity contribution in [1.29, 1.82) is 0 Å². The summed E-state index contributed by atoms with van der Waals surface area (Å²) in [4.78, 5) is 18.6. The number of H-pyrrole nitrogens is 1. The summed E-state index contributed by atoms with van der Waals surface area (Å²) in [6.45, 7) is 7.52. The number of carbonyl (C=O) groups is 1. The fourth-order valence-corrected chi connectivity index (χ4v) is 4.54. The average Bonchev–Trinajstić information content (AvgIpc) is 3.17. The molecular formula is C22H31N3O3. The van der Waals surface area contributed by atoms with E-state index >= 15 is 0 Å². The van der Waals surface area contributed by atoms with Gasteiger partial charge >= 0.3 is 5.97 Å². The molecule has 1 aromatic heterocycles. The second kappa shape index (κ2) is 8.13. The summed E-state index contributed by atoms with van der Waals surface area (Å²) in [5, 5.41) is 4.03. The molecule has 28 heavy (non-hydrogen) atoms. The van der Waals surface area contributed by atoms with Gasteiger partial charge in [0.2, 0.25) is 0 Å². The minimum Gasteiger partial charge on any atom is -0.493 e. The largest absolute Gasteiger partial charge is 0.493 e. The van der Waals surface area contributed by atoms with Gasteiger partial charge in [-0.1, -0.05) is 0 Å². The third-order valence-corrected chi connectivity index (χ3v) is 6.49. The Balaban J connectivity index is 1.47. The summed E-state index contributed by atoms with van der Waals surface area (Å²) in [6.07, 6.45) is 6.12. The first-order valence-electron chi connectivity index (χ1n) is 10.4. The van der Waals surface area contributed by atoms with E-state index in [2.05, 4.69) is 15.2 Å². The molecule has 3 aliphatic heterocycles.